The third-order valence-corrected chi connectivity index (χ3v) is 4.18. The molecular weight excluding hydrogens is 379 g/mol. The van der Waals surface area contributed by atoms with Crippen molar-refractivity contribution in [3.63, 3.8) is 0 Å². The fraction of sp³-hybridized carbons (Fsp3) is 0.222. The van der Waals surface area contributed by atoms with Crippen molar-refractivity contribution in [1.29, 1.82) is 0 Å². The number of carboxylic acid groups (broad SMARTS) is 1. The number of carbonyl (C=O) groups is 2. The molecule has 0 saturated carbocycles. The van der Waals surface area contributed by atoms with E-state index in [0.717, 1.165) is 5.56 Å². The summed E-state index contributed by atoms with van der Waals surface area (Å²) in [4.78, 5) is 24.8. The highest BCUT2D eigenvalue weighted by Gasteiger charge is 2.15. The minimum atomic E-state index is -1.03. The summed E-state index contributed by atoms with van der Waals surface area (Å²) >= 11 is 11.9. The average molecular weight is 397 g/mol. The van der Waals surface area contributed by atoms with E-state index in [1.165, 1.54) is 4.90 Å². The Hall–Kier alpha value is -2.44. The fourth-order valence-corrected chi connectivity index (χ4v) is 2.76. The lowest BCUT2D eigenvalue weighted by Gasteiger charge is -2.22. The van der Waals surface area contributed by atoms with Gasteiger partial charge in [0.2, 0.25) is 5.91 Å². The van der Waals surface area contributed by atoms with Crippen LogP contribution in [0, 0.1) is 0 Å². The van der Waals surface area contributed by atoms with Gasteiger partial charge in [-0.15, -0.1) is 0 Å². The highest BCUT2D eigenvalue weighted by molar-refractivity contribution is 6.35. The molecule has 2 aromatic carbocycles. The molecule has 138 valence electrons. The van der Waals surface area contributed by atoms with Crippen molar-refractivity contribution in [1.82, 2.24) is 5.32 Å². The molecule has 8 heteroatoms. The van der Waals surface area contributed by atoms with Crippen molar-refractivity contribution in [3.05, 3.63) is 58.1 Å². The monoisotopic (exact) mass is 396 g/mol. The fourth-order valence-electron chi connectivity index (χ4n) is 2.28. The predicted molar refractivity (Wildman–Crippen MR) is 101 cm³/mol. The molecule has 0 saturated heterocycles. The van der Waals surface area contributed by atoms with Crippen LogP contribution in [-0.4, -0.2) is 37.2 Å². The lowest BCUT2D eigenvalue weighted by molar-refractivity contribution is -0.135. The summed E-state index contributed by atoms with van der Waals surface area (Å²) in [6.07, 6.45) is 0. The molecular formula is C18H18Cl2N2O4. The molecule has 0 radical (unpaired) electrons. The molecule has 0 aromatic heterocycles. The van der Waals surface area contributed by atoms with Crippen molar-refractivity contribution in [2.24, 2.45) is 0 Å². The van der Waals surface area contributed by atoms with Crippen LogP contribution in [0.15, 0.2) is 42.5 Å². The molecule has 2 N–H and O–H groups in total. The number of rotatable bonds is 8. The van der Waals surface area contributed by atoms with Gasteiger partial charge in [-0.3, -0.25) is 9.59 Å². The zero-order chi connectivity index (χ0) is 19.1. The summed E-state index contributed by atoms with van der Waals surface area (Å²) in [7, 11) is 1.54. The lowest BCUT2D eigenvalue weighted by atomic mass is 10.2. The lowest BCUT2D eigenvalue weighted by Crippen LogP contribution is -2.39. The van der Waals surface area contributed by atoms with E-state index in [4.69, 9.17) is 33.0 Å². The molecule has 0 fully saturated rings. The summed E-state index contributed by atoms with van der Waals surface area (Å²) < 4.78 is 5.08. The largest absolute Gasteiger partial charge is 0.497 e. The van der Waals surface area contributed by atoms with Gasteiger partial charge in [0, 0.05) is 22.3 Å². The zero-order valence-electron chi connectivity index (χ0n) is 14.0. The molecule has 0 spiro atoms. The average Bonchev–Trinajstić information content (AvgIpc) is 2.60. The second-order valence-electron chi connectivity index (χ2n) is 5.46. The molecule has 0 heterocycles. The summed E-state index contributed by atoms with van der Waals surface area (Å²) in [6, 6.07) is 11.8. The molecule has 0 bridgehead atoms. The number of amides is 1. The van der Waals surface area contributed by atoms with E-state index in [0.29, 0.717) is 21.5 Å². The van der Waals surface area contributed by atoms with Gasteiger partial charge in [0.25, 0.3) is 0 Å². The molecule has 0 atom stereocenters. The minimum Gasteiger partial charge on any atom is -0.497 e. The summed E-state index contributed by atoms with van der Waals surface area (Å²) in [6.45, 7) is -0.191. The Labute approximate surface area is 161 Å². The topological polar surface area (TPSA) is 78.9 Å². The first kappa shape index (κ1) is 19.9. The van der Waals surface area contributed by atoms with Gasteiger partial charge >= 0.3 is 5.97 Å². The van der Waals surface area contributed by atoms with Crippen LogP contribution in [0.3, 0.4) is 0 Å². The summed E-state index contributed by atoms with van der Waals surface area (Å²) in [5, 5.41) is 12.8. The Balaban J connectivity index is 2.02. The first-order chi connectivity index (χ1) is 12.4. The highest BCUT2D eigenvalue weighted by atomic mass is 35.5. The van der Waals surface area contributed by atoms with Crippen molar-refractivity contribution < 1.29 is 19.4 Å². The molecule has 0 aliphatic heterocycles. The van der Waals surface area contributed by atoms with Crippen molar-refractivity contribution in [2.45, 2.75) is 6.54 Å². The summed E-state index contributed by atoms with van der Waals surface area (Å²) in [5.74, 6) is -0.715. The molecule has 0 aliphatic carbocycles. The quantitative estimate of drug-likeness (QED) is 0.715. The molecule has 2 aromatic rings. The Morgan fingerprint density at radius 1 is 1.12 bits per heavy atom. The maximum absolute atomic E-state index is 12.2. The van der Waals surface area contributed by atoms with Gasteiger partial charge in [-0.25, -0.2) is 0 Å². The van der Waals surface area contributed by atoms with E-state index < -0.39 is 5.97 Å². The number of hydrogen-bond donors (Lipinski definition) is 2. The molecule has 0 aliphatic rings. The van der Waals surface area contributed by atoms with Gasteiger partial charge in [-0.05, 0) is 42.0 Å². The van der Waals surface area contributed by atoms with Gasteiger partial charge in [0.1, 0.15) is 12.3 Å². The van der Waals surface area contributed by atoms with Crippen LogP contribution < -0.4 is 15.0 Å². The van der Waals surface area contributed by atoms with Crippen LogP contribution in [0.1, 0.15) is 5.56 Å². The van der Waals surface area contributed by atoms with Crippen molar-refractivity contribution >= 4 is 40.8 Å². The Morgan fingerprint density at radius 2 is 1.81 bits per heavy atom. The van der Waals surface area contributed by atoms with Gasteiger partial charge in [-0.1, -0.05) is 29.3 Å². The number of benzene rings is 2. The molecule has 1 amide bonds. The van der Waals surface area contributed by atoms with Crippen LogP contribution in [0.5, 0.6) is 5.75 Å². The Morgan fingerprint density at radius 3 is 2.38 bits per heavy atom. The maximum atomic E-state index is 12.2. The number of halogens is 2. The van der Waals surface area contributed by atoms with Crippen molar-refractivity contribution in [2.75, 3.05) is 25.1 Å². The number of carbonyl (C=O) groups excluding carboxylic acids is 1. The number of aliphatic carboxylic acids is 1. The number of hydrogen-bond acceptors (Lipinski definition) is 4. The van der Waals surface area contributed by atoms with Crippen LogP contribution >= 0.6 is 23.2 Å². The molecule has 6 nitrogen and oxygen atoms in total. The van der Waals surface area contributed by atoms with Gasteiger partial charge in [0.05, 0.1) is 13.7 Å². The van der Waals surface area contributed by atoms with E-state index in [9.17, 15) is 9.59 Å². The second-order valence-corrected chi connectivity index (χ2v) is 6.30. The maximum Gasteiger partial charge on any atom is 0.323 e. The van der Waals surface area contributed by atoms with Gasteiger partial charge in [0.15, 0.2) is 0 Å². The number of carboxylic acids is 1. The Kier molecular flexibility index (Phi) is 7.12. The van der Waals surface area contributed by atoms with E-state index >= 15 is 0 Å². The van der Waals surface area contributed by atoms with E-state index in [1.807, 2.05) is 0 Å². The first-order valence-electron chi connectivity index (χ1n) is 7.70. The van der Waals surface area contributed by atoms with E-state index in [-0.39, 0.29) is 25.5 Å². The minimum absolute atomic E-state index is 0.107. The SMILES string of the molecule is COc1ccc(N(CC(=O)O)CC(=O)NCc2ccc(Cl)cc2Cl)cc1. The standard InChI is InChI=1S/C18H18Cl2N2O4/c1-26-15-6-4-14(5-7-15)22(11-18(24)25)10-17(23)21-9-12-2-3-13(19)8-16(12)20/h2-8H,9-11H2,1H3,(H,21,23)(H,24,25). The smallest absolute Gasteiger partial charge is 0.323 e. The van der Waals surface area contributed by atoms with E-state index in [1.54, 1.807) is 49.6 Å². The van der Waals surface area contributed by atoms with Crippen LogP contribution in [0.25, 0.3) is 0 Å². The Bertz CT molecular complexity index is 781. The van der Waals surface area contributed by atoms with Gasteiger partial charge in [-0.2, -0.15) is 0 Å². The van der Waals surface area contributed by atoms with Crippen LogP contribution in [-0.2, 0) is 16.1 Å². The summed E-state index contributed by atoms with van der Waals surface area (Å²) in [5.41, 5.74) is 1.33. The third kappa shape index (κ3) is 5.82. The molecule has 2 rings (SSSR count). The molecule has 26 heavy (non-hydrogen) atoms. The predicted octanol–water partition coefficient (Wildman–Crippen LogP) is 3.21. The number of ether oxygens (including phenoxy) is 1. The van der Waals surface area contributed by atoms with Crippen LogP contribution in [0.2, 0.25) is 10.0 Å². The second kappa shape index (κ2) is 9.31. The van der Waals surface area contributed by atoms with Crippen molar-refractivity contribution in [3.8, 4) is 5.75 Å². The molecule has 0 unspecified atom stereocenters. The van der Waals surface area contributed by atoms with E-state index in [2.05, 4.69) is 5.32 Å². The zero-order valence-corrected chi connectivity index (χ0v) is 15.5. The number of nitrogens with zero attached hydrogens (tertiary/aromatic N) is 1. The first-order valence-corrected chi connectivity index (χ1v) is 8.46. The van der Waals surface area contributed by atoms with Gasteiger partial charge < -0.3 is 20.1 Å². The normalized spacial score (nSPS) is 10.3. The van der Waals surface area contributed by atoms with Crippen LogP contribution in [0.4, 0.5) is 5.69 Å². The third-order valence-electron chi connectivity index (χ3n) is 3.59. The highest BCUT2D eigenvalue weighted by Crippen LogP contribution is 2.21. The number of methoxy groups -OCH3 is 1. The number of nitrogens with one attached hydrogen (secondary N) is 1. The number of anilines is 1.